The Labute approximate surface area is 120 Å². The van der Waals surface area contributed by atoms with Crippen molar-refractivity contribution in [3.63, 3.8) is 0 Å². The smallest absolute Gasteiger partial charge is 0.0702 e. The van der Waals surface area contributed by atoms with E-state index in [9.17, 15) is 0 Å². The van der Waals surface area contributed by atoms with E-state index in [0.717, 1.165) is 30.7 Å². The molecule has 1 heterocycles. The van der Waals surface area contributed by atoms with Gasteiger partial charge in [-0.15, -0.1) is 0 Å². The summed E-state index contributed by atoms with van der Waals surface area (Å²) in [5, 5.41) is 1.15. The predicted octanol–water partition coefficient (Wildman–Crippen LogP) is 2.20. The molecule has 0 aliphatic carbocycles. The first-order chi connectivity index (χ1) is 9.76. The summed E-state index contributed by atoms with van der Waals surface area (Å²) in [4.78, 5) is 6.59. The third kappa shape index (κ3) is 3.54. The summed E-state index contributed by atoms with van der Waals surface area (Å²) in [6.45, 7) is 4.97. The van der Waals surface area contributed by atoms with Crippen molar-refractivity contribution in [1.29, 1.82) is 0 Å². The highest BCUT2D eigenvalue weighted by Crippen LogP contribution is 2.22. The third-order valence-corrected chi connectivity index (χ3v) is 3.56. The molecule has 0 bridgehead atoms. The van der Waals surface area contributed by atoms with Gasteiger partial charge in [-0.05, 0) is 37.7 Å². The number of ether oxygens (including phenoxy) is 1. The van der Waals surface area contributed by atoms with Crippen LogP contribution in [-0.4, -0.2) is 43.2 Å². The molecule has 20 heavy (non-hydrogen) atoms. The molecule has 0 saturated carbocycles. The molecule has 4 nitrogen and oxygen atoms in total. The molecule has 2 aromatic rings. The van der Waals surface area contributed by atoms with Crippen LogP contribution in [0.4, 0.5) is 0 Å². The van der Waals surface area contributed by atoms with Crippen LogP contribution in [0.25, 0.3) is 10.9 Å². The summed E-state index contributed by atoms with van der Waals surface area (Å²) >= 11 is 0. The number of nitrogens with zero attached hydrogens (tertiary/aromatic N) is 2. The summed E-state index contributed by atoms with van der Waals surface area (Å²) in [6, 6.07) is 10.6. The maximum atomic E-state index is 5.96. The molecule has 0 aliphatic heterocycles. The molecule has 0 saturated heterocycles. The van der Waals surface area contributed by atoms with Crippen LogP contribution >= 0.6 is 0 Å². The summed E-state index contributed by atoms with van der Waals surface area (Å²) in [6.07, 6.45) is 1.82. The second kappa shape index (κ2) is 7.33. The first-order valence-electron chi connectivity index (χ1n) is 7.09. The molecular weight excluding hydrogens is 250 g/mol. The van der Waals surface area contributed by atoms with E-state index in [0.29, 0.717) is 6.54 Å². The molecule has 0 amide bonds. The largest absolute Gasteiger partial charge is 0.380 e. The Bertz CT molecular complexity index is 544. The predicted molar refractivity (Wildman–Crippen MR) is 82.7 cm³/mol. The van der Waals surface area contributed by atoms with Gasteiger partial charge in [-0.3, -0.25) is 9.88 Å². The van der Waals surface area contributed by atoms with Gasteiger partial charge in [0, 0.05) is 37.3 Å². The van der Waals surface area contributed by atoms with Crippen molar-refractivity contribution in [2.45, 2.75) is 13.0 Å². The lowest BCUT2D eigenvalue weighted by atomic mass is 10.0. The molecule has 1 unspecified atom stereocenters. The zero-order chi connectivity index (χ0) is 14.4. The Hall–Kier alpha value is -1.49. The van der Waals surface area contributed by atoms with Crippen LogP contribution < -0.4 is 5.73 Å². The van der Waals surface area contributed by atoms with E-state index in [2.05, 4.69) is 41.2 Å². The zero-order valence-electron chi connectivity index (χ0n) is 12.2. The van der Waals surface area contributed by atoms with Crippen molar-refractivity contribution in [3.8, 4) is 0 Å². The van der Waals surface area contributed by atoms with Crippen molar-refractivity contribution in [2.24, 2.45) is 5.73 Å². The standard InChI is InChI=1S/C16H23N3O/c1-3-20-10-9-19(2)16(12-17)14-6-7-15-13(11-14)5-4-8-18-15/h4-8,11,16H,3,9-10,12,17H2,1-2H3. The van der Waals surface area contributed by atoms with E-state index in [1.165, 1.54) is 5.56 Å². The Balaban J connectivity index is 2.16. The van der Waals surface area contributed by atoms with E-state index in [1.807, 2.05) is 19.2 Å². The highest BCUT2D eigenvalue weighted by atomic mass is 16.5. The first kappa shape index (κ1) is 14.9. The van der Waals surface area contributed by atoms with Crippen LogP contribution in [0.15, 0.2) is 36.5 Å². The average Bonchev–Trinajstić information content (AvgIpc) is 2.48. The molecule has 0 aliphatic rings. The molecule has 1 aromatic heterocycles. The van der Waals surface area contributed by atoms with E-state index < -0.39 is 0 Å². The number of likely N-dealkylation sites (N-methyl/N-ethyl adjacent to an activating group) is 1. The van der Waals surface area contributed by atoms with Gasteiger partial charge in [0.05, 0.1) is 12.1 Å². The van der Waals surface area contributed by atoms with Crippen molar-refractivity contribution in [2.75, 3.05) is 33.4 Å². The minimum absolute atomic E-state index is 0.208. The van der Waals surface area contributed by atoms with Crippen LogP contribution in [0, 0.1) is 0 Å². The Kier molecular flexibility index (Phi) is 5.47. The maximum absolute atomic E-state index is 5.96. The van der Waals surface area contributed by atoms with Gasteiger partial charge in [-0.25, -0.2) is 0 Å². The van der Waals surface area contributed by atoms with Gasteiger partial charge in [0.2, 0.25) is 0 Å². The SMILES string of the molecule is CCOCCN(C)C(CN)c1ccc2ncccc2c1. The van der Waals surface area contributed by atoms with Crippen molar-refractivity contribution in [3.05, 3.63) is 42.1 Å². The van der Waals surface area contributed by atoms with Gasteiger partial charge in [0.25, 0.3) is 0 Å². The highest BCUT2D eigenvalue weighted by Gasteiger charge is 2.15. The lowest BCUT2D eigenvalue weighted by Crippen LogP contribution is -2.33. The normalized spacial score (nSPS) is 13.0. The molecule has 0 spiro atoms. The number of nitrogens with two attached hydrogens (primary N) is 1. The molecule has 2 N–H and O–H groups in total. The first-order valence-corrected chi connectivity index (χ1v) is 7.09. The lowest BCUT2D eigenvalue weighted by Gasteiger charge is -2.27. The molecule has 1 aromatic carbocycles. The molecule has 108 valence electrons. The fourth-order valence-electron chi connectivity index (χ4n) is 2.38. The Morgan fingerprint density at radius 1 is 1.35 bits per heavy atom. The van der Waals surface area contributed by atoms with Crippen LogP contribution in [-0.2, 0) is 4.74 Å². The number of pyridine rings is 1. The number of hydrogen-bond acceptors (Lipinski definition) is 4. The fraction of sp³-hybridized carbons (Fsp3) is 0.438. The zero-order valence-corrected chi connectivity index (χ0v) is 12.2. The monoisotopic (exact) mass is 273 g/mol. The van der Waals surface area contributed by atoms with Crippen LogP contribution in [0.3, 0.4) is 0 Å². The van der Waals surface area contributed by atoms with Crippen molar-refractivity contribution >= 4 is 10.9 Å². The topological polar surface area (TPSA) is 51.4 Å². The highest BCUT2D eigenvalue weighted by molar-refractivity contribution is 5.79. The van der Waals surface area contributed by atoms with Crippen LogP contribution in [0.2, 0.25) is 0 Å². The second-order valence-corrected chi connectivity index (χ2v) is 4.88. The minimum atomic E-state index is 0.208. The van der Waals surface area contributed by atoms with Crippen molar-refractivity contribution < 1.29 is 4.74 Å². The number of benzene rings is 1. The maximum Gasteiger partial charge on any atom is 0.0702 e. The lowest BCUT2D eigenvalue weighted by molar-refractivity contribution is 0.108. The summed E-state index contributed by atoms with van der Waals surface area (Å²) in [5.41, 5.74) is 8.20. The second-order valence-electron chi connectivity index (χ2n) is 4.88. The van der Waals surface area contributed by atoms with Crippen LogP contribution in [0.1, 0.15) is 18.5 Å². The van der Waals surface area contributed by atoms with Gasteiger partial charge in [0.1, 0.15) is 0 Å². The molecule has 0 radical (unpaired) electrons. The van der Waals surface area contributed by atoms with Crippen LogP contribution in [0.5, 0.6) is 0 Å². The van der Waals surface area contributed by atoms with Gasteiger partial charge >= 0.3 is 0 Å². The number of hydrogen-bond donors (Lipinski definition) is 1. The molecule has 4 heteroatoms. The number of rotatable bonds is 7. The summed E-state index contributed by atoms with van der Waals surface area (Å²) in [7, 11) is 2.09. The average molecular weight is 273 g/mol. The summed E-state index contributed by atoms with van der Waals surface area (Å²) < 4.78 is 5.41. The molecule has 2 rings (SSSR count). The number of fused-ring (bicyclic) bond motifs is 1. The third-order valence-electron chi connectivity index (χ3n) is 3.56. The van der Waals surface area contributed by atoms with Gasteiger partial charge in [-0.2, -0.15) is 0 Å². The van der Waals surface area contributed by atoms with Gasteiger partial charge in [0.15, 0.2) is 0 Å². The van der Waals surface area contributed by atoms with E-state index >= 15 is 0 Å². The Morgan fingerprint density at radius 2 is 2.20 bits per heavy atom. The van der Waals surface area contributed by atoms with E-state index in [-0.39, 0.29) is 6.04 Å². The van der Waals surface area contributed by atoms with Gasteiger partial charge in [-0.1, -0.05) is 12.1 Å². The molecule has 0 fully saturated rings. The van der Waals surface area contributed by atoms with E-state index in [1.54, 1.807) is 0 Å². The number of aromatic nitrogens is 1. The quantitative estimate of drug-likeness (QED) is 0.786. The summed E-state index contributed by atoms with van der Waals surface area (Å²) in [5.74, 6) is 0. The fourth-order valence-corrected chi connectivity index (χ4v) is 2.38. The van der Waals surface area contributed by atoms with Crippen molar-refractivity contribution in [1.82, 2.24) is 9.88 Å². The molecular formula is C16H23N3O. The van der Waals surface area contributed by atoms with Gasteiger partial charge < -0.3 is 10.5 Å². The van der Waals surface area contributed by atoms with E-state index in [4.69, 9.17) is 10.5 Å². The Morgan fingerprint density at radius 3 is 2.95 bits per heavy atom. The minimum Gasteiger partial charge on any atom is -0.380 e. The molecule has 1 atom stereocenters.